The first-order chi connectivity index (χ1) is 7.16. The van der Waals surface area contributed by atoms with Gasteiger partial charge in [-0.2, -0.15) is 0 Å². The van der Waals surface area contributed by atoms with Gasteiger partial charge in [-0.15, -0.1) is 12.3 Å². The minimum Gasteiger partial charge on any atom is -0.389 e. The van der Waals surface area contributed by atoms with Gasteiger partial charge in [0.1, 0.15) is 0 Å². The van der Waals surface area contributed by atoms with Crippen LogP contribution >= 0.6 is 22.6 Å². The van der Waals surface area contributed by atoms with Crippen LogP contribution in [0.1, 0.15) is 32.1 Å². The molecule has 2 heteroatoms. The van der Waals surface area contributed by atoms with Crippen LogP contribution in [0.15, 0.2) is 12.2 Å². The van der Waals surface area contributed by atoms with Gasteiger partial charge in [0.05, 0.1) is 6.10 Å². The minimum atomic E-state index is -0.248. The monoisotopic (exact) mass is 316 g/mol. The maximum Gasteiger partial charge on any atom is 0.0724 e. The molecule has 0 aromatic rings. The molecule has 1 saturated carbocycles. The van der Waals surface area contributed by atoms with E-state index >= 15 is 0 Å². The maximum atomic E-state index is 9.68. The van der Waals surface area contributed by atoms with Crippen LogP contribution in [0.3, 0.4) is 0 Å². The van der Waals surface area contributed by atoms with Crippen LogP contribution in [0.4, 0.5) is 0 Å². The molecule has 0 aliphatic heterocycles. The van der Waals surface area contributed by atoms with E-state index in [1.165, 1.54) is 19.3 Å². The fourth-order valence-corrected chi connectivity index (χ4v) is 3.92. The molecule has 0 aromatic heterocycles. The van der Waals surface area contributed by atoms with E-state index < -0.39 is 0 Å². The van der Waals surface area contributed by atoms with E-state index in [0.29, 0.717) is 5.92 Å². The lowest BCUT2D eigenvalue weighted by atomic mass is 9.60. The third-order valence-electron chi connectivity index (χ3n) is 3.88. The molecule has 4 atom stereocenters. The molecule has 0 amide bonds. The van der Waals surface area contributed by atoms with E-state index in [4.69, 9.17) is 6.42 Å². The molecule has 15 heavy (non-hydrogen) atoms. The van der Waals surface area contributed by atoms with Gasteiger partial charge in [0, 0.05) is 15.8 Å². The van der Waals surface area contributed by atoms with Crippen molar-refractivity contribution in [2.45, 2.75) is 42.1 Å². The largest absolute Gasteiger partial charge is 0.389 e. The van der Waals surface area contributed by atoms with Gasteiger partial charge in [-0.25, -0.2) is 0 Å². The Kier molecular flexibility index (Phi) is 3.42. The first-order valence-corrected chi connectivity index (χ1v) is 6.86. The first kappa shape index (κ1) is 11.5. The van der Waals surface area contributed by atoms with Crippen LogP contribution in [0, 0.1) is 23.7 Å². The number of terminal acetylenes is 1. The van der Waals surface area contributed by atoms with Crippen molar-refractivity contribution in [1.29, 1.82) is 0 Å². The van der Waals surface area contributed by atoms with Crippen molar-refractivity contribution in [2.75, 3.05) is 0 Å². The Bertz CT molecular complexity index is 304. The molecule has 2 rings (SSSR count). The van der Waals surface area contributed by atoms with Crippen LogP contribution in [-0.2, 0) is 0 Å². The highest BCUT2D eigenvalue weighted by molar-refractivity contribution is 14.1. The fraction of sp³-hybridized carbons (Fsp3) is 0.692. The molecule has 2 aliphatic rings. The van der Waals surface area contributed by atoms with Gasteiger partial charge in [-0.05, 0) is 31.6 Å². The number of aliphatic hydroxyl groups is 1. The summed E-state index contributed by atoms with van der Waals surface area (Å²) < 4.78 is 0.761. The zero-order valence-corrected chi connectivity index (χ0v) is 11.0. The SMILES string of the molecule is C#CC[C@@]12C=CC(O)C[C@@H]1CC(I)CC2. The summed E-state index contributed by atoms with van der Waals surface area (Å²) in [7, 11) is 0. The van der Waals surface area contributed by atoms with Crippen molar-refractivity contribution >= 4 is 22.6 Å². The molecule has 2 unspecified atom stereocenters. The van der Waals surface area contributed by atoms with Gasteiger partial charge in [0.25, 0.3) is 0 Å². The summed E-state index contributed by atoms with van der Waals surface area (Å²) in [4.78, 5) is 0. The number of halogens is 1. The molecule has 1 fully saturated rings. The average Bonchev–Trinajstić information content (AvgIpc) is 2.20. The van der Waals surface area contributed by atoms with Gasteiger partial charge in [-0.3, -0.25) is 0 Å². The van der Waals surface area contributed by atoms with Crippen molar-refractivity contribution < 1.29 is 5.11 Å². The topological polar surface area (TPSA) is 20.2 Å². The first-order valence-electron chi connectivity index (χ1n) is 5.61. The van der Waals surface area contributed by atoms with Gasteiger partial charge < -0.3 is 5.11 Å². The Morgan fingerprint density at radius 2 is 2.33 bits per heavy atom. The standard InChI is InChI=1S/C13H17IO/c1-2-5-13-6-3-11(14)8-10(13)9-12(15)4-7-13/h1,4,7,10-12,15H,3,5-6,8-9H2/t10-,11?,12?,13+/m0/s1. The molecule has 0 radical (unpaired) electrons. The van der Waals surface area contributed by atoms with Gasteiger partial charge in [-0.1, -0.05) is 34.7 Å². The summed E-state index contributed by atoms with van der Waals surface area (Å²) >= 11 is 2.53. The predicted octanol–water partition coefficient (Wildman–Crippen LogP) is 2.92. The van der Waals surface area contributed by atoms with Gasteiger partial charge in [0.15, 0.2) is 0 Å². The highest BCUT2D eigenvalue weighted by Crippen LogP contribution is 2.50. The Balaban J connectivity index is 2.23. The Hall–Kier alpha value is -0.0100. The van der Waals surface area contributed by atoms with E-state index in [9.17, 15) is 5.11 Å². The van der Waals surface area contributed by atoms with Crippen LogP contribution in [0.2, 0.25) is 0 Å². The van der Waals surface area contributed by atoms with Crippen molar-refractivity contribution in [3.8, 4) is 12.3 Å². The zero-order valence-electron chi connectivity index (χ0n) is 8.82. The molecular weight excluding hydrogens is 299 g/mol. The smallest absolute Gasteiger partial charge is 0.0724 e. The number of alkyl halides is 1. The molecule has 1 N–H and O–H groups in total. The Labute approximate surface area is 105 Å². The summed E-state index contributed by atoms with van der Waals surface area (Å²) in [5.74, 6) is 3.41. The molecular formula is C13H17IO. The minimum absolute atomic E-state index is 0.204. The molecule has 1 nitrogen and oxygen atoms in total. The lowest BCUT2D eigenvalue weighted by Gasteiger charge is -2.46. The number of aliphatic hydroxyl groups excluding tert-OH is 1. The van der Waals surface area contributed by atoms with Crippen molar-refractivity contribution in [3.05, 3.63) is 12.2 Å². The highest BCUT2D eigenvalue weighted by atomic mass is 127. The molecule has 0 bridgehead atoms. The number of fused-ring (bicyclic) bond motifs is 1. The highest BCUT2D eigenvalue weighted by Gasteiger charge is 2.43. The molecule has 0 saturated heterocycles. The van der Waals surface area contributed by atoms with Crippen LogP contribution in [-0.4, -0.2) is 15.1 Å². The average molecular weight is 316 g/mol. The summed E-state index contributed by atoms with van der Waals surface area (Å²) in [5, 5.41) is 9.68. The second kappa shape index (κ2) is 4.47. The lowest BCUT2D eigenvalue weighted by molar-refractivity contribution is 0.0814. The summed E-state index contributed by atoms with van der Waals surface area (Å²) in [6.07, 6.45) is 14.8. The van der Waals surface area contributed by atoms with Crippen LogP contribution in [0.25, 0.3) is 0 Å². The second-order valence-corrected chi connectivity index (χ2v) is 6.61. The van der Waals surface area contributed by atoms with E-state index in [2.05, 4.69) is 34.6 Å². The Morgan fingerprint density at radius 3 is 3.07 bits per heavy atom. The number of hydrogen-bond acceptors (Lipinski definition) is 1. The van der Waals surface area contributed by atoms with E-state index in [1.54, 1.807) is 0 Å². The fourth-order valence-electron chi connectivity index (χ4n) is 3.00. The summed E-state index contributed by atoms with van der Waals surface area (Å²) in [6.45, 7) is 0. The molecule has 0 heterocycles. The Morgan fingerprint density at radius 1 is 1.53 bits per heavy atom. The number of hydrogen-bond donors (Lipinski definition) is 1. The van der Waals surface area contributed by atoms with E-state index in [0.717, 1.165) is 16.8 Å². The van der Waals surface area contributed by atoms with Crippen molar-refractivity contribution in [2.24, 2.45) is 11.3 Å². The normalized spacial score (nSPS) is 44.5. The van der Waals surface area contributed by atoms with Crippen LogP contribution < -0.4 is 0 Å². The molecule has 0 spiro atoms. The number of allylic oxidation sites excluding steroid dienone is 1. The maximum absolute atomic E-state index is 9.68. The summed E-state index contributed by atoms with van der Waals surface area (Å²) in [6, 6.07) is 0. The molecule has 82 valence electrons. The third-order valence-corrected chi connectivity index (χ3v) is 5.02. The van der Waals surface area contributed by atoms with E-state index in [1.807, 2.05) is 6.08 Å². The lowest BCUT2D eigenvalue weighted by Crippen LogP contribution is -2.39. The molecule has 0 aromatic carbocycles. The van der Waals surface area contributed by atoms with Crippen molar-refractivity contribution in [3.63, 3.8) is 0 Å². The molecule has 2 aliphatic carbocycles. The number of rotatable bonds is 1. The van der Waals surface area contributed by atoms with E-state index in [-0.39, 0.29) is 11.5 Å². The van der Waals surface area contributed by atoms with Crippen molar-refractivity contribution in [1.82, 2.24) is 0 Å². The third kappa shape index (κ3) is 2.24. The summed E-state index contributed by atoms with van der Waals surface area (Å²) in [5.41, 5.74) is 0.204. The van der Waals surface area contributed by atoms with Crippen LogP contribution in [0.5, 0.6) is 0 Å². The quantitative estimate of drug-likeness (QED) is 0.341. The van der Waals surface area contributed by atoms with Gasteiger partial charge >= 0.3 is 0 Å². The zero-order chi connectivity index (χ0) is 10.9. The van der Waals surface area contributed by atoms with Gasteiger partial charge in [0.2, 0.25) is 0 Å². The second-order valence-electron chi connectivity index (χ2n) is 4.84. The predicted molar refractivity (Wildman–Crippen MR) is 70.8 cm³/mol.